The van der Waals surface area contributed by atoms with E-state index in [4.69, 9.17) is 4.74 Å². The van der Waals surface area contributed by atoms with Crippen LogP contribution in [0.3, 0.4) is 0 Å². The van der Waals surface area contributed by atoms with Gasteiger partial charge in [0.1, 0.15) is 5.69 Å². The lowest BCUT2D eigenvalue weighted by atomic mass is 10.2. The Bertz CT molecular complexity index is 706. The maximum Gasteiger partial charge on any atom is 0.387 e. The Hall–Kier alpha value is -2.22. The van der Waals surface area contributed by atoms with Crippen LogP contribution >= 0.6 is 11.3 Å². The zero-order chi connectivity index (χ0) is 17.7. The minimum absolute atomic E-state index is 0.0281. The smallest absolute Gasteiger partial charge is 0.387 e. The summed E-state index contributed by atoms with van der Waals surface area (Å²) in [6.07, 6.45) is 0. The van der Waals surface area contributed by atoms with Crippen molar-refractivity contribution in [3.63, 3.8) is 0 Å². The maximum absolute atomic E-state index is 12.4. The largest absolute Gasteiger partial charge is 0.490 e. The predicted octanol–water partition coefficient (Wildman–Crippen LogP) is 3.72. The number of hydrogen-bond donors (Lipinski definition) is 0. The standard InChI is InChI=1S/C16H18F2N2O3S/c1-4-22-14-7-11(5-6-13(14)23-16(17)18)8-20(3)15(21)12-9-24-10(2)19-12/h5-7,9,16H,4,8H2,1-3H3. The van der Waals surface area contributed by atoms with Crippen molar-refractivity contribution in [3.05, 3.63) is 39.8 Å². The number of benzene rings is 1. The first-order chi connectivity index (χ1) is 11.4. The lowest BCUT2D eigenvalue weighted by Gasteiger charge is -2.18. The summed E-state index contributed by atoms with van der Waals surface area (Å²) in [5.74, 6) is -0.00873. The van der Waals surface area contributed by atoms with Crippen molar-refractivity contribution >= 4 is 17.2 Å². The third-order valence-corrected chi connectivity index (χ3v) is 3.90. The number of halogens is 2. The minimum Gasteiger partial charge on any atom is -0.490 e. The van der Waals surface area contributed by atoms with E-state index < -0.39 is 6.61 Å². The molecule has 0 saturated carbocycles. The van der Waals surface area contributed by atoms with Crippen LogP contribution in [-0.2, 0) is 6.54 Å². The Kier molecular flexibility index (Phi) is 6.08. The third-order valence-electron chi connectivity index (χ3n) is 3.13. The molecule has 0 aliphatic carbocycles. The zero-order valence-electron chi connectivity index (χ0n) is 13.6. The summed E-state index contributed by atoms with van der Waals surface area (Å²) in [6.45, 7) is 1.27. The molecule has 5 nitrogen and oxygen atoms in total. The molecular formula is C16H18F2N2O3S. The van der Waals surface area contributed by atoms with Gasteiger partial charge in [-0.2, -0.15) is 8.78 Å². The van der Waals surface area contributed by atoms with Crippen LogP contribution in [0.25, 0.3) is 0 Å². The number of alkyl halides is 2. The molecule has 0 unspecified atom stereocenters. The summed E-state index contributed by atoms with van der Waals surface area (Å²) in [6, 6.07) is 4.63. The Labute approximate surface area is 142 Å². The Morgan fingerprint density at radius 3 is 2.71 bits per heavy atom. The van der Waals surface area contributed by atoms with E-state index in [1.165, 1.54) is 22.3 Å². The lowest BCUT2D eigenvalue weighted by molar-refractivity contribution is -0.0514. The van der Waals surface area contributed by atoms with Crippen molar-refractivity contribution in [2.45, 2.75) is 27.0 Å². The van der Waals surface area contributed by atoms with Crippen LogP contribution in [0.1, 0.15) is 28.0 Å². The van der Waals surface area contributed by atoms with Crippen molar-refractivity contribution < 1.29 is 23.0 Å². The van der Waals surface area contributed by atoms with Crippen molar-refractivity contribution in [1.29, 1.82) is 0 Å². The van der Waals surface area contributed by atoms with Crippen molar-refractivity contribution in [1.82, 2.24) is 9.88 Å². The van der Waals surface area contributed by atoms with E-state index >= 15 is 0 Å². The van der Waals surface area contributed by atoms with Crippen molar-refractivity contribution in [2.24, 2.45) is 0 Å². The predicted molar refractivity (Wildman–Crippen MR) is 86.9 cm³/mol. The van der Waals surface area contributed by atoms with Gasteiger partial charge in [-0.25, -0.2) is 4.98 Å². The Morgan fingerprint density at radius 2 is 2.12 bits per heavy atom. The fourth-order valence-corrected chi connectivity index (χ4v) is 2.70. The number of thiazole rings is 1. The first-order valence-corrected chi connectivity index (χ1v) is 8.16. The highest BCUT2D eigenvalue weighted by Crippen LogP contribution is 2.30. The molecule has 0 atom stereocenters. The maximum atomic E-state index is 12.4. The van der Waals surface area contributed by atoms with E-state index in [1.807, 2.05) is 6.92 Å². The van der Waals surface area contributed by atoms with Gasteiger partial charge >= 0.3 is 6.61 Å². The van der Waals surface area contributed by atoms with E-state index in [0.717, 1.165) is 10.6 Å². The monoisotopic (exact) mass is 356 g/mol. The second-order valence-electron chi connectivity index (χ2n) is 5.01. The second kappa shape index (κ2) is 8.05. The van der Waals surface area contributed by atoms with Crippen LogP contribution in [0.4, 0.5) is 8.78 Å². The molecule has 2 aromatic rings. The number of carbonyl (C=O) groups is 1. The van der Waals surface area contributed by atoms with Crippen LogP contribution in [0.15, 0.2) is 23.6 Å². The number of hydrogen-bond acceptors (Lipinski definition) is 5. The summed E-state index contributed by atoms with van der Waals surface area (Å²) in [4.78, 5) is 18.0. The Morgan fingerprint density at radius 1 is 1.38 bits per heavy atom. The molecule has 0 aliphatic rings. The van der Waals surface area contributed by atoms with Gasteiger partial charge in [0.05, 0.1) is 11.6 Å². The summed E-state index contributed by atoms with van der Waals surface area (Å²) in [7, 11) is 1.65. The zero-order valence-corrected chi connectivity index (χ0v) is 14.4. The number of aromatic nitrogens is 1. The average molecular weight is 356 g/mol. The molecule has 0 radical (unpaired) electrons. The third kappa shape index (κ3) is 4.64. The fourth-order valence-electron chi connectivity index (χ4n) is 2.12. The molecule has 1 heterocycles. The first kappa shape index (κ1) is 18.1. The fraction of sp³-hybridized carbons (Fsp3) is 0.375. The van der Waals surface area contributed by atoms with Crippen LogP contribution in [0, 0.1) is 6.92 Å². The quantitative estimate of drug-likeness (QED) is 0.759. The molecule has 1 aromatic carbocycles. The molecule has 0 spiro atoms. The highest BCUT2D eigenvalue weighted by atomic mass is 32.1. The number of aryl methyl sites for hydroxylation is 1. The minimum atomic E-state index is -2.92. The number of rotatable bonds is 7. The van der Waals surface area contributed by atoms with Crippen LogP contribution in [0.2, 0.25) is 0 Å². The van der Waals surface area contributed by atoms with E-state index in [-0.39, 0.29) is 17.4 Å². The molecule has 0 fully saturated rings. The van der Waals surface area contributed by atoms with Crippen LogP contribution < -0.4 is 9.47 Å². The molecule has 130 valence electrons. The first-order valence-electron chi connectivity index (χ1n) is 7.28. The van der Waals surface area contributed by atoms with Gasteiger partial charge in [-0.3, -0.25) is 4.79 Å². The molecule has 0 N–H and O–H groups in total. The lowest BCUT2D eigenvalue weighted by Crippen LogP contribution is -2.26. The highest BCUT2D eigenvalue weighted by Gasteiger charge is 2.17. The van der Waals surface area contributed by atoms with Gasteiger partial charge in [-0.05, 0) is 31.5 Å². The summed E-state index contributed by atoms with van der Waals surface area (Å²) < 4.78 is 34.6. The summed E-state index contributed by atoms with van der Waals surface area (Å²) in [5.41, 5.74) is 1.13. The average Bonchev–Trinajstić information content (AvgIpc) is 2.95. The highest BCUT2D eigenvalue weighted by molar-refractivity contribution is 7.09. The molecule has 1 amide bonds. The number of nitrogens with zero attached hydrogens (tertiary/aromatic N) is 2. The summed E-state index contributed by atoms with van der Waals surface area (Å²) >= 11 is 1.41. The topological polar surface area (TPSA) is 51.7 Å². The van der Waals surface area contributed by atoms with Crippen LogP contribution in [0.5, 0.6) is 11.5 Å². The molecule has 8 heteroatoms. The van der Waals surface area contributed by atoms with Gasteiger partial charge in [0.25, 0.3) is 5.91 Å². The van der Waals surface area contributed by atoms with E-state index in [1.54, 1.807) is 31.5 Å². The molecule has 0 bridgehead atoms. The molecule has 0 saturated heterocycles. The van der Waals surface area contributed by atoms with E-state index in [9.17, 15) is 13.6 Å². The SMILES string of the molecule is CCOc1cc(CN(C)C(=O)c2csc(C)n2)ccc1OC(F)F. The number of carbonyl (C=O) groups excluding carboxylic acids is 1. The number of ether oxygens (including phenoxy) is 2. The molecule has 2 rings (SSSR count). The molecule has 1 aromatic heterocycles. The van der Waals surface area contributed by atoms with Crippen molar-refractivity contribution in [2.75, 3.05) is 13.7 Å². The molecule has 24 heavy (non-hydrogen) atoms. The van der Waals surface area contributed by atoms with E-state index in [0.29, 0.717) is 18.8 Å². The summed E-state index contributed by atoms with van der Waals surface area (Å²) in [5, 5.41) is 2.53. The second-order valence-corrected chi connectivity index (χ2v) is 6.07. The van der Waals surface area contributed by atoms with Crippen molar-refractivity contribution in [3.8, 4) is 11.5 Å². The molecular weight excluding hydrogens is 338 g/mol. The van der Waals surface area contributed by atoms with Gasteiger partial charge in [-0.1, -0.05) is 6.07 Å². The van der Waals surface area contributed by atoms with E-state index in [2.05, 4.69) is 9.72 Å². The van der Waals surface area contributed by atoms with Gasteiger partial charge in [-0.15, -0.1) is 11.3 Å². The number of amides is 1. The Balaban J connectivity index is 2.13. The van der Waals surface area contributed by atoms with Gasteiger partial charge in [0.15, 0.2) is 11.5 Å². The van der Waals surface area contributed by atoms with Gasteiger partial charge in [0.2, 0.25) is 0 Å². The van der Waals surface area contributed by atoms with Gasteiger partial charge in [0, 0.05) is 19.0 Å². The molecule has 0 aliphatic heterocycles. The normalized spacial score (nSPS) is 10.8. The van der Waals surface area contributed by atoms with Crippen LogP contribution in [-0.4, -0.2) is 36.1 Å². The van der Waals surface area contributed by atoms with Gasteiger partial charge < -0.3 is 14.4 Å².